The van der Waals surface area contributed by atoms with Crippen LogP contribution in [0.1, 0.15) is 42.5 Å². The summed E-state index contributed by atoms with van der Waals surface area (Å²) in [6.07, 6.45) is 6.06. The SMILES string of the molecule is COc1ccc(C(=O)N2CCC(N3CCCCC3)CC2)c(OC)c1OC. The molecule has 144 valence electrons. The molecule has 26 heavy (non-hydrogen) atoms. The summed E-state index contributed by atoms with van der Waals surface area (Å²) in [6.45, 7) is 4.00. The molecule has 0 radical (unpaired) electrons. The maximum Gasteiger partial charge on any atom is 0.257 e. The molecule has 0 atom stereocenters. The van der Waals surface area contributed by atoms with Gasteiger partial charge in [-0.05, 0) is 50.9 Å². The van der Waals surface area contributed by atoms with E-state index in [1.54, 1.807) is 33.5 Å². The highest BCUT2D eigenvalue weighted by atomic mass is 16.5. The lowest BCUT2D eigenvalue weighted by atomic mass is 9.99. The van der Waals surface area contributed by atoms with Crippen LogP contribution in [-0.4, -0.2) is 69.3 Å². The van der Waals surface area contributed by atoms with Crippen LogP contribution in [0.3, 0.4) is 0 Å². The van der Waals surface area contributed by atoms with Gasteiger partial charge in [0.25, 0.3) is 5.91 Å². The number of hydrogen-bond acceptors (Lipinski definition) is 5. The van der Waals surface area contributed by atoms with Crippen LogP contribution < -0.4 is 14.2 Å². The first-order valence-corrected chi connectivity index (χ1v) is 9.52. The number of methoxy groups -OCH3 is 3. The fraction of sp³-hybridized carbons (Fsp3) is 0.650. The molecule has 0 spiro atoms. The second kappa shape index (κ2) is 8.62. The van der Waals surface area contributed by atoms with Gasteiger partial charge >= 0.3 is 0 Å². The zero-order valence-electron chi connectivity index (χ0n) is 16.1. The third kappa shape index (κ3) is 3.75. The van der Waals surface area contributed by atoms with Gasteiger partial charge in [-0.15, -0.1) is 0 Å². The van der Waals surface area contributed by atoms with Crippen molar-refractivity contribution in [2.75, 3.05) is 47.5 Å². The van der Waals surface area contributed by atoms with Crippen molar-refractivity contribution < 1.29 is 19.0 Å². The molecule has 0 bridgehead atoms. The minimum atomic E-state index is -0.0000952. The van der Waals surface area contributed by atoms with Gasteiger partial charge < -0.3 is 24.0 Å². The Morgan fingerprint density at radius 3 is 2.12 bits per heavy atom. The largest absolute Gasteiger partial charge is 0.493 e. The maximum absolute atomic E-state index is 13.1. The van der Waals surface area contributed by atoms with E-state index in [1.807, 2.05) is 4.90 Å². The average Bonchev–Trinajstić information content (AvgIpc) is 2.72. The van der Waals surface area contributed by atoms with Gasteiger partial charge in [0.15, 0.2) is 11.5 Å². The van der Waals surface area contributed by atoms with Gasteiger partial charge in [0.1, 0.15) is 0 Å². The molecule has 1 amide bonds. The van der Waals surface area contributed by atoms with Gasteiger partial charge in [0, 0.05) is 19.1 Å². The van der Waals surface area contributed by atoms with Gasteiger partial charge in [-0.2, -0.15) is 0 Å². The second-order valence-electron chi connectivity index (χ2n) is 7.00. The molecule has 0 saturated carbocycles. The van der Waals surface area contributed by atoms with Crippen LogP contribution in [0, 0.1) is 0 Å². The average molecular weight is 362 g/mol. The third-order valence-corrected chi connectivity index (χ3v) is 5.59. The van der Waals surface area contributed by atoms with Crippen LogP contribution in [0.2, 0.25) is 0 Å². The fourth-order valence-corrected chi connectivity index (χ4v) is 4.16. The van der Waals surface area contributed by atoms with Crippen molar-refractivity contribution >= 4 is 5.91 Å². The third-order valence-electron chi connectivity index (χ3n) is 5.59. The monoisotopic (exact) mass is 362 g/mol. The number of carbonyl (C=O) groups excluding carboxylic acids is 1. The summed E-state index contributed by atoms with van der Waals surface area (Å²) in [5.74, 6) is 1.46. The van der Waals surface area contributed by atoms with E-state index >= 15 is 0 Å². The number of amides is 1. The standard InChI is InChI=1S/C20H30N2O4/c1-24-17-8-7-16(18(25-2)19(17)26-3)20(23)22-13-9-15(10-14-22)21-11-5-4-6-12-21/h7-8,15H,4-6,9-14H2,1-3H3. The molecule has 3 rings (SSSR count). The minimum absolute atomic E-state index is 0.0000952. The van der Waals surface area contributed by atoms with Crippen molar-refractivity contribution in [2.45, 2.75) is 38.1 Å². The fourth-order valence-electron chi connectivity index (χ4n) is 4.16. The Morgan fingerprint density at radius 2 is 1.54 bits per heavy atom. The zero-order chi connectivity index (χ0) is 18.5. The predicted octanol–water partition coefficient (Wildman–Crippen LogP) is 2.80. The molecule has 0 unspecified atom stereocenters. The first kappa shape index (κ1) is 18.8. The van der Waals surface area contributed by atoms with Crippen LogP contribution in [0.25, 0.3) is 0 Å². The normalized spacial score (nSPS) is 19.3. The summed E-state index contributed by atoms with van der Waals surface area (Å²) < 4.78 is 16.2. The maximum atomic E-state index is 13.1. The topological polar surface area (TPSA) is 51.2 Å². The lowest BCUT2D eigenvalue weighted by Gasteiger charge is -2.40. The van der Waals surface area contributed by atoms with Crippen LogP contribution in [0.15, 0.2) is 12.1 Å². The van der Waals surface area contributed by atoms with E-state index in [0.717, 1.165) is 25.9 Å². The van der Waals surface area contributed by atoms with E-state index in [0.29, 0.717) is 28.9 Å². The van der Waals surface area contributed by atoms with Crippen molar-refractivity contribution in [3.8, 4) is 17.2 Å². The van der Waals surface area contributed by atoms with Crippen LogP contribution in [0.5, 0.6) is 17.2 Å². The number of hydrogen-bond donors (Lipinski definition) is 0. The highest BCUT2D eigenvalue weighted by Gasteiger charge is 2.30. The van der Waals surface area contributed by atoms with Gasteiger partial charge in [-0.1, -0.05) is 6.42 Å². The van der Waals surface area contributed by atoms with Gasteiger partial charge in [-0.3, -0.25) is 4.79 Å². The molecule has 2 aliphatic rings. The van der Waals surface area contributed by atoms with E-state index in [2.05, 4.69) is 4.90 Å². The van der Waals surface area contributed by atoms with E-state index < -0.39 is 0 Å². The van der Waals surface area contributed by atoms with E-state index in [9.17, 15) is 4.79 Å². The lowest BCUT2D eigenvalue weighted by Crippen LogP contribution is -2.48. The number of benzene rings is 1. The highest BCUT2D eigenvalue weighted by Crippen LogP contribution is 2.40. The quantitative estimate of drug-likeness (QED) is 0.806. The van der Waals surface area contributed by atoms with E-state index in [4.69, 9.17) is 14.2 Å². The van der Waals surface area contributed by atoms with Crippen molar-refractivity contribution in [1.29, 1.82) is 0 Å². The Bertz CT molecular complexity index is 620. The summed E-state index contributed by atoms with van der Waals surface area (Å²) in [4.78, 5) is 17.6. The minimum Gasteiger partial charge on any atom is -0.493 e. The number of nitrogens with zero attached hydrogens (tertiary/aromatic N) is 2. The summed E-state index contributed by atoms with van der Waals surface area (Å²) in [5.41, 5.74) is 0.529. The molecular weight excluding hydrogens is 332 g/mol. The summed E-state index contributed by atoms with van der Waals surface area (Å²) >= 11 is 0. The Labute approximate surface area is 156 Å². The van der Waals surface area contributed by atoms with Crippen LogP contribution in [0.4, 0.5) is 0 Å². The number of likely N-dealkylation sites (tertiary alicyclic amines) is 2. The number of carbonyl (C=O) groups is 1. The molecule has 2 aliphatic heterocycles. The zero-order valence-corrected chi connectivity index (χ0v) is 16.1. The second-order valence-corrected chi connectivity index (χ2v) is 7.00. The predicted molar refractivity (Wildman–Crippen MR) is 100 cm³/mol. The summed E-state index contributed by atoms with van der Waals surface area (Å²) in [6, 6.07) is 4.14. The smallest absolute Gasteiger partial charge is 0.257 e. The first-order chi connectivity index (χ1) is 12.7. The molecule has 2 saturated heterocycles. The molecule has 0 N–H and O–H groups in total. The van der Waals surface area contributed by atoms with Crippen LogP contribution in [-0.2, 0) is 0 Å². The van der Waals surface area contributed by atoms with Crippen molar-refractivity contribution in [3.63, 3.8) is 0 Å². The van der Waals surface area contributed by atoms with Gasteiger partial charge in [0.05, 0.1) is 26.9 Å². The molecule has 1 aromatic carbocycles. The van der Waals surface area contributed by atoms with E-state index in [-0.39, 0.29) is 5.91 Å². The summed E-state index contributed by atoms with van der Waals surface area (Å²) in [5, 5.41) is 0. The number of ether oxygens (including phenoxy) is 3. The number of rotatable bonds is 5. The number of piperidine rings is 2. The molecule has 0 aliphatic carbocycles. The van der Waals surface area contributed by atoms with E-state index in [1.165, 1.54) is 32.4 Å². The molecule has 2 fully saturated rings. The highest BCUT2D eigenvalue weighted by molar-refractivity contribution is 5.98. The molecular formula is C20H30N2O4. The van der Waals surface area contributed by atoms with Crippen molar-refractivity contribution in [1.82, 2.24) is 9.80 Å². The van der Waals surface area contributed by atoms with Gasteiger partial charge in [-0.25, -0.2) is 0 Å². The Hall–Kier alpha value is -1.95. The van der Waals surface area contributed by atoms with Crippen LogP contribution >= 0.6 is 0 Å². The van der Waals surface area contributed by atoms with Gasteiger partial charge in [0.2, 0.25) is 5.75 Å². The Morgan fingerprint density at radius 1 is 0.885 bits per heavy atom. The first-order valence-electron chi connectivity index (χ1n) is 9.52. The summed E-state index contributed by atoms with van der Waals surface area (Å²) in [7, 11) is 4.68. The molecule has 6 heteroatoms. The lowest BCUT2D eigenvalue weighted by molar-refractivity contribution is 0.0586. The van der Waals surface area contributed by atoms with Crippen molar-refractivity contribution in [3.05, 3.63) is 17.7 Å². The molecule has 2 heterocycles. The molecule has 1 aromatic rings. The Kier molecular flexibility index (Phi) is 6.25. The molecule has 0 aromatic heterocycles. The van der Waals surface area contributed by atoms with Crippen molar-refractivity contribution in [2.24, 2.45) is 0 Å². The Balaban J connectivity index is 1.70. The molecule has 6 nitrogen and oxygen atoms in total.